The number of hydrogen-bond acceptors (Lipinski definition) is 5. The van der Waals surface area contributed by atoms with E-state index in [2.05, 4.69) is 4.98 Å². The number of aromatic nitrogens is 2. The minimum Gasteiger partial charge on any atom is -0.491 e. The predicted octanol–water partition coefficient (Wildman–Crippen LogP) is 6.63. The van der Waals surface area contributed by atoms with Gasteiger partial charge < -0.3 is 9.84 Å². The lowest BCUT2D eigenvalue weighted by Crippen LogP contribution is -2.28. The highest BCUT2D eigenvalue weighted by Crippen LogP contribution is 2.40. The molecule has 13 heteroatoms. The molecule has 0 saturated carbocycles. The van der Waals surface area contributed by atoms with Gasteiger partial charge in [-0.15, -0.1) is 0 Å². The van der Waals surface area contributed by atoms with Gasteiger partial charge in [0.2, 0.25) is 0 Å². The average Bonchev–Trinajstić information content (AvgIpc) is 2.89. The Bertz CT molecular complexity index is 1750. The van der Waals surface area contributed by atoms with E-state index in [4.69, 9.17) is 16.3 Å². The lowest BCUT2D eigenvalue weighted by Gasteiger charge is -2.18. The van der Waals surface area contributed by atoms with E-state index in [1.165, 1.54) is 43.3 Å². The number of halogens is 6. The Balaban J connectivity index is 1.73. The van der Waals surface area contributed by atoms with Gasteiger partial charge in [-0.25, -0.2) is 18.6 Å². The van der Waals surface area contributed by atoms with E-state index in [0.29, 0.717) is 22.2 Å². The van der Waals surface area contributed by atoms with E-state index in [9.17, 15) is 41.9 Å². The largest absolute Gasteiger partial charge is 0.491 e. The average molecular weight is 578 g/mol. The predicted molar refractivity (Wildman–Crippen MR) is 135 cm³/mol. The summed E-state index contributed by atoms with van der Waals surface area (Å²) < 4.78 is 74.7. The van der Waals surface area contributed by atoms with Crippen LogP contribution in [0.1, 0.15) is 39.3 Å². The fraction of sp³-hybridized carbons (Fsp3) is 0.185. The van der Waals surface area contributed by atoms with Crippen molar-refractivity contribution in [2.45, 2.75) is 26.1 Å². The molecular formula is C27H17ClF5N3O4. The van der Waals surface area contributed by atoms with E-state index < -0.39 is 51.7 Å². The SMILES string of the molecule is Cc1nc2cc(C(F)(F)F)c(C(F)F)c(C#N)c2c(=O)n1CCOc1ccc(Cl)cc1-c1cccc(C(=O)O)c1. The summed E-state index contributed by atoms with van der Waals surface area (Å²) in [6.07, 6.45) is -8.87. The summed E-state index contributed by atoms with van der Waals surface area (Å²) in [5.74, 6) is -0.897. The van der Waals surface area contributed by atoms with Crippen LogP contribution >= 0.6 is 11.6 Å². The number of nitrogens with zero attached hydrogens (tertiary/aromatic N) is 3. The normalized spacial score (nSPS) is 11.6. The second kappa shape index (κ2) is 10.9. The van der Waals surface area contributed by atoms with Crippen LogP contribution in [-0.2, 0) is 12.7 Å². The van der Waals surface area contributed by atoms with Crippen molar-refractivity contribution >= 4 is 28.5 Å². The molecule has 4 rings (SSSR count). The minimum absolute atomic E-state index is 0.0259. The first-order valence-corrected chi connectivity index (χ1v) is 11.8. The van der Waals surface area contributed by atoms with Crippen LogP contribution < -0.4 is 10.3 Å². The van der Waals surface area contributed by atoms with E-state index in [1.54, 1.807) is 12.1 Å². The first-order chi connectivity index (χ1) is 18.8. The molecule has 7 nitrogen and oxygen atoms in total. The molecule has 0 aliphatic carbocycles. The van der Waals surface area contributed by atoms with Crippen LogP contribution in [0.25, 0.3) is 22.0 Å². The van der Waals surface area contributed by atoms with Crippen LogP contribution in [0.5, 0.6) is 5.75 Å². The number of carboxylic acid groups (broad SMARTS) is 1. The quantitative estimate of drug-likeness (QED) is 0.247. The van der Waals surface area contributed by atoms with Crippen molar-refractivity contribution < 1.29 is 36.6 Å². The molecule has 4 aromatic rings. The number of aromatic carboxylic acids is 1. The van der Waals surface area contributed by atoms with Gasteiger partial charge >= 0.3 is 12.1 Å². The molecule has 40 heavy (non-hydrogen) atoms. The maximum atomic E-state index is 13.7. The summed E-state index contributed by atoms with van der Waals surface area (Å²) in [5.41, 5.74) is -4.97. The first-order valence-electron chi connectivity index (χ1n) is 11.4. The lowest BCUT2D eigenvalue weighted by molar-refractivity contribution is -0.139. The molecule has 1 heterocycles. The maximum Gasteiger partial charge on any atom is 0.417 e. The van der Waals surface area contributed by atoms with Crippen LogP contribution in [0.2, 0.25) is 5.02 Å². The highest BCUT2D eigenvalue weighted by molar-refractivity contribution is 6.31. The van der Waals surface area contributed by atoms with Crippen molar-refractivity contribution in [1.29, 1.82) is 5.26 Å². The van der Waals surface area contributed by atoms with E-state index in [-0.39, 0.29) is 30.3 Å². The maximum absolute atomic E-state index is 13.7. The fourth-order valence-electron chi connectivity index (χ4n) is 4.27. The van der Waals surface area contributed by atoms with E-state index >= 15 is 0 Å². The molecule has 0 fully saturated rings. The van der Waals surface area contributed by atoms with Gasteiger partial charge in [-0.2, -0.15) is 18.4 Å². The molecule has 0 aliphatic heterocycles. The lowest BCUT2D eigenvalue weighted by atomic mass is 9.97. The summed E-state index contributed by atoms with van der Waals surface area (Å²) in [5, 5.41) is 18.5. The number of rotatable bonds is 7. The number of ether oxygens (including phenoxy) is 1. The number of fused-ring (bicyclic) bond motifs is 1. The van der Waals surface area contributed by atoms with Crippen molar-refractivity contribution in [1.82, 2.24) is 9.55 Å². The van der Waals surface area contributed by atoms with Crippen LogP contribution in [0, 0.1) is 18.3 Å². The highest BCUT2D eigenvalue weighted by atomic mass is 35.5. The van der Waals surface area contributed by atoms with Crippen molar-refractivity contribution in [2.24, 2.45) is 0 Å². The van der Waals surface area contributed by atoms with Crippen LogP contribution in [-0.4, -0.2) is 27.2 Å². The number of carbonyl (C=O) groups is 1. The zero-order valence-corrected chi connectivity index (χ0v) is 21.1. The monoisotopic (exact) mass is 577 g/mol. The Morgan fingerprint density at radius 1 is 1.20 bits per heavy atom. The highest BCUT2D eigenvalue weighted by Gasteiger charge is 2.39. The summed E-state index contributed by atoms with van der Waals surface area (Å²) in [6.45, 7) is 0.943. The topological polar surface area (TPSA) is 105 Å². The van der Waals surface area contributed by atoms with Gasteiger partial charge in [0.15, 0.2) is 0 Å². The summed E-state index contributed by atoms with van der Waals surface area (Å²) in [6, 6.07) is 12.3. The molecule has 0 radical (unpaired) electrons. The standard InChI is InChI=1S/C27H17ClF5N3O4/c1-13-35-20-11-19(27(31,32)33)22(24(29)30)18(12-34)23(20)25(37)36(13)7-8-40-21-6-5-16(28)10-17(21)14-3-2-4-15(9-14)26(38)39/h2-6,9-11,24H,7-8H2,1H3,(H,38,39). The van der Waals surface area contributed by atoms with Crippen LogP contribution in [0.3, 0.4) is 0 Å². The second-order valence-corrected chi connectivity index (χ2v) is 8.94. The minimum atomic E-state index is -5.20. The Morgan fingerprint density at radius 2 is 1.93 bits per heavy atom. The van der Waals surface area contributed by atoms with Gasteiger partial charge in [-0.3, -0.25) is 9.36 Å². The first kappa shape index (κ1) is 28.5. The van der Waals surface area contributed by atoms with Crippen molar-refractivity contribution in [3.05, 3.63) is 92.0 Å². The van der Waals surface area contributed by atoms with E-state index in [1.807, 2.05) is 0 Å². The number of carboxylic acids is 1. The summed E-state index contributed by atoms with van der Waals surface area (Å²) >= 11 is 6.12. The molecule has 206 valence electrons. The van der Waals surface area contributed by atoms with Gasteiger partial charge in [-0.05, 0) is 48.9 Å². The molecule has 0 aliphatic rings. The zero-order valence-electron chi connectivity index (χ0n) is 20.4. The van der Waals surface area contributed by atoms with Gasteiger partial charge in [0.05, 0.1) is 34.1 Å². The van der Waals surface area contributed by atoms with Gasteiger partial charge in [0.25, 0.3) is 12.0 Å². The number of aryl methyl sites for hydroxylation is 1. The van der Waals surface area contributed by atoms with Gasteiger partial charge in [0, 0.05) is 16.1 Å². The molecule has 3 aromatic carbocycles. The summed E-state index contributed by atoms with van der Waals surface area (Å²) in [4.78, 5) is 28.6. The third-order valence-corrected chi connectivity index (χ3v) is 6.28. The summed E-state index contributed by atoms with van der Waals surface area (Å²) in [7, 11) is 0. The third kappa shape index (κ3) is 5.46. The Hall–Kier alpha value is -4.50. The number of benzene rings is 3. The molecule has 0 unspecified atom stereocenters. The number of alkyl halides is 5. The molecule has 0 bridgehead atoms. The fourth-order valence-corrected chi connectivity index (χ4v) is 4.44. The molecule has 0 atom stereocenters. The number of hydrogen-bond donors (Lipinski definition) is 1. The smallest absolute Gasteiger partial charge is 0.417 e. The molecule has 1 N–H and O–H groups in total. The molecule has 0 spiro atoms. The van der Waals surface area contributed by atoms with Crippen molar-refractivity contribution in [2.75, 3.05) is 6.61 Å². The Labute approximate surface area is 227 Å². The van der Waals surface area contributed by atoms with E-state index in [0.717, 1.165) is 4.57 Å². The Kier molecular flexibility index (Phi) is 7.79. The van der Waals surface area contributed by atoms with Crippen LogP contribution in [0.4, 0.5) is 22.0 Å². The third-order valence-electron chi connectivity index (χ3n) is 6.05. The van der Waals surface area contributed by atoms with Crippen LogP contribution in [0.15, 0.2) is 53.3 Å². The second-order valence-electron chi connectivity index (χ2n) is 8.51. The Morgan fingerprint density at radius 3 is 2.55 bits per heavy atom. The number of nitriles is 1. The molecule has 0 amide bonds. The molecular weight excluding hydrogens is 561 g/mol. The molecule has 1 aromatic heterocycles. The van der Waals surface area contributed by atoms with Crippen molar-refractivity contribution in [3.63, 3.8) is 0 Å². The van der Waals surface area contributed by atoms with Gasteiger partial charge in [0.1, 0.15) is 24.3 Å². The zero-order chi connectivity index (χ0) is 29.4. The molecule has 0 saturated heterocycles. The van der Waals surface area contributed by atoms with Crippen molar-refractivity contribution in [3.8, 4) is 22.9 Å². The van der Waals surface area contributed by atoms with Gasteiger partial charge in [-0.1, -0.05) is 23.7 Å².